The molecule has 26 heavy (non-hydrogen) atoms. The summed E-state index contributed by atoms with van der Waals surface area (Å²) < 4.78 is 10.8. The molecular weight excluding hydrogens is 332 g/mol. The number of nitrogens with zero attached hydrogens (tertiary/aromatic N) is 2. The lowest BCUT2D eigenvalue weighted by atomic mass is 9.95. The van der Waals surface area contributed by atoms with Gasteiger partial charge in [-0.3, -0.25) is 9.59 Å². The highest BCUT2D eigenvalue weighted by molar-refractivity contribution is 5.96. The van der Waals surface area contributed by atoms with Crippen molar-refractivity contribution in [2.75, 3.05) is 40.4 Å². The number of amides is 2. The summed E-state index contributed by atoms with van der Waals surface area (Å²) in [6, 6.07) is 3.51. The molecule has 0 aliphatic carbocycles. The Labute approximate surface area is 155 Å². The van der Waals surface area contributed by atoms with Crippen LogP contribution in [0.1, 0.15) is 41.6 Å². The number of likely N-dealkylation sites (tertiary alicyclic amines) is 2. The van der Waals surface area contributed by atoms with Gasteiger partial charge in [0.1, 0.15) is 11.5 Å². The third-order valence-corrected chi connectivity index (χ3v) is 5.47. The first-order chi connectivity index (χ1) is 12.5. The van der Waals surface area contributed by atoms with E-state index in [0.29, 0.717) is 30.2 Å². The Hall–Kier alpha value is -2.24. The minimum absolute atomic E-state index is 0.0690. The fourth-order valence-electron chi connectivity index (χ4n) is 3.95. The second kappa shape index (κ2) is 7.98. The van der Waals surface area contributed by atoms with Gasteiger partial charge in [-0.05, 0) is 44.7 Å². The molecule has 0 spiro atoms. The number of piperidine rings is 1. The van der Waals surface area contributed by atoms with Crippen molar-refractivity contribution in [2.45, 2.75) is 32.6 Å². The lowest BCUT2D eigenvalue weighted by molar-refractivity contribution is -0.135. The van der Waals surface area contributed by atoms with E-state index in [2.05, 4.69) is 0 Å². The molecule has 3 rings (SSSR count). The average molecular weight is 360 g/mol. The number of methoxy groups -OCH3 is 2. The van der Waals surface area contributed by atoms with Gasteiger partial charge >= 0.3 is 0 Å². The fraction of sp³-hybridized carbons (Fsp3) is 0.600. The van der Waals surface area contributed by atoms with Gasteiger partial charge in [0.25, 0.3) is 5.91 Å². The first-order valence-corrected chi connectivity index (χ1v) is 9.35. The molecule has 1 aromatic carbocycles. The highest BCUT2D eigenvalue weighted by Crippen LogP contribution is 2.31. The van der Waals surface area contributed by atoms with Crippen LogP contribution in [0, 0.1) is 12.8 Å². The minimum atomic E-state index is -0.0833. The normalized spacial score (nSPS) is 20.2. The lowest BCUT2D eigenvalue weighted by Gasteiger charge is -2.34. The van der Waals surface area contributed by atoms with E-state index in [-0.39, 0.29) is 17.7 Å². The number of carbonyl (C=O) groups is 2. The number of rotatable bonds is 4. The van der Waals surface area contributed by atoms with E-state index in [1.807, 2.05) is 11.8 Å². The zero-order valence-electron chi connectivity index (χ0n) is 15.9. The Balaban J connectivity index is 1.76. The molecule has 6 heteroatoms. The molecule has 0 saturated carbocycles. The zero-order chi connectivity index (χ0) is 18.7. The van der Waals surface area contributed by atoms with E-state index in [1.54, 1.807) is 31.3 Å². The van der Waals surface area contributed by atoms with Gasteiger partial charge in [0.05, 0.1) is 20.1 Å². The number of carbonyl (C=O) groups excluding carboxylic acids is 2. The molecule has 2 fully saturated rings. The monoisotopic (exact) mass is 360 g/mol. The third-order valence-electron chi connectivity index (χ3n) is 5.47. The van der Waals surface area contributed by atoms with E-state index < -0.39 is 0 Å². The first-order valence-electron chi connectivity index (χ1n) is 9.35. The summed E-state index contributed by atoms with van der Waals surface area (Å²) in [6.07, 6.45) is 3.89. The standard InChI is InChI=1S/C20H28N2O4/c1-14-17(25-2)11-16(12-18(14)26-3)20(24)22-10-6-7-15(13-22)19(23)21-8-4-5-9-21/h11-12,15H,4-10,13H2,1-3H3. The van der Waals surface area contributed by atoms with Gasteiger partial charge in [0.2, 0.25) is 5.91 Å². The van der Waals surface area contributed by atoms with Gasteiger partial charge in [-0.15, -0.1) is 0 Å². The second-order valence-corrected chi connectivity index (χ2v) is 7.13. The van der Waals surface area contributed by atoms with Crippen molar-refractivity contribution < 1.29 is 19.1 Å². The van der Waals surface area contributed by atoms with Crippen LogP contribution in [-0.2, 0) is 4.79 Å². The molecule has 2 heterocycles. The lowest BCUT2D eigenvalue weighted by Crippen LogP contribution is -2.46. The first kappa shape index (κ1) is 18.5. The van der Waals surface area contributed by atoms with Gasteiger partial charge in [0, 0.05) is 37.3 Å². The molecule has 2 saturated heterocycles. The molecule has 1 unspecified atom stereocenters. The number of benzene rings is 1. The van der Waals surface area contributed by atoms with Crippen LogP contribution in [-0.4, -0.2) is 62.0 Å². The number of hydrogen-bond donors (Lipinski definition) is 0. The van der Waals surface area contributed by atoms with Gasteiger partial charge in [-0.25, -0.2) is 0 Å². The molecule has 0 aromatic heterocycles. The topological polar surface area (TPSA) is 59.1 Å². The molecule has 6 nitrogen and oxygen atoms in total. The maximum atomic E-state index is 13.0. The van der Waals surface area contributed by atoms with Crippen molar-refractivity contribution in [3.05, 3.63) is 23.3 Å². The molecule has 0 N–H and O–H groups in total. The van der Waals surface area contributed by atoms with Crippen molar-refractivity contribution in [1.29, 1.82) is 0 Å². The number of ether oxygens (including phenoxy) is 2. The van der Waals surface area contributed by atoms with E-state index in [9.17, 15) is 9.59 Å². The highest BCUT2D eigenvalue weighted by Gasteiger charge is 2.32. The predicted octanol–water partition coefficient (Wildman–Crippen LogP) is 2.49. The Kier molecular flexibility index (Phi) is 5.69. The quantitative estimate of drug-likeness (QED) is 0.828. The van der Waals surface area contributed by atoms with Crippen LogP contribution in [0.4, 0.5) is 0 Å². The summed E-state index contributed by atoms with van der Waals surface area (Å²) in [5, 5.41) is 0. The van der Waals surface area contributed by atoms with Crippen LogP contribution >= 0.6 is 0 Å². The summed E-state index contributed by atoms with van der Waals surface area (Å²) in [7, 11) is 3.17. The maximum Gasteiger partial charge on any atom is 0.254 e. The van der Waals surface area contributed by atoms with Crippen LogP contribution in [0.25, 0.3) is 0 Å². The van der Waals surface area contributed by atoms with Crippen LogP contribution in [0.15, 0.2) is 12.1 Å². The Morgan fingerprint density at radius 3 is 2.12 bits per heavy atom. The van der Waals surface area contributed by atoms with E-state index in [0.717, 1.165) is 44.3 Å². The minimum Gasteiger partial charge on any atom is -0.496 e. The molecule has 1 aromatic rings. The summed E-state index contributed by atoms with van der Waals surface area (Å²) in [6.45, 7) is 4.79. The van der Waals surface area contributed by atoms with Gasteiger partial charge in [0.15, 0.2) is 0 Å². The largest absolute Gasteiger partial charge is 0.496 e. The molecule has 2 aliphatic rings. The van der Waals surface area contributed by atoms with Crippen molar-refractivity contribution in [3.63, 3.8) is 0 Å². The molecule has 0 radical (unpaired) electrons. The predicted molar refractivity (Wildman–Crippen MR) is 98.7 cm³/mol. The van der Waals surface area contributed by atoms with Crippen molar-refractivity contribution >= 4 is 11.8 Å². The smallest absolute Gasteiger partial charge is 0.254 e. The Morgan fingerprint density at radius 1 is 0.962 bits per heavy atom. The third kappa shape index (κ3) is 3.64. The maximum absolute atomic E-state index is 13.0. The number of hydrogen-bond acceptors (Lipinski definition) is 4. The summed E-state index contributed by atoms with van der Waals surface area (Å²) in [4.78, 5) is 29.5. The Morgan fingerprint density at radius 2 is 1.54 bits per heavy atom. The molecule has 2 aliphatic heterocycles. The zero-order valence-corrected chi connectivity index (χ0v) is 15.9. The molecule has 142 valence electrons. The summed E-state index contributed by atoms with van der Waals surface area (Å²) in [5.74, 6) is 1.32. The van der Waals surface area contributed by atoms with Crippen LogP contribution < -0.4 is 9.47 Å². The van der Waals surface area contributed by atoms with Crippen molar-refractivity contribution in [3.8, 4) is 11.5 Å². The average Bonchev–Trinajstić information content (AvgIpc) is 3.22. The molecule has 0 bridgehead atoms. The van der Waals surface area contributed by atoms with Crippen molar-refractivity contribution in [1.82, 2.24) is 9.80 Å². The van der Waals surface area contributed by atoms with Crippen LogP contribution in [0.5, 0.6) is 11.5 Å². The molecular formula is C20H28N2O4. The Bertz CT molecular complexity index is 657. The highest BCUT2D eigenvalue weighted by atomic mass is 16.5. The summed E-state index contributed by atoms with van der Waals surface area (Å²) >= 11 is 0. The van der Waals surface area contributed by atoms with Crippen LogP contribution in [0.3, 0.4) is 0 Å². The summed E-state index contributed by atoms with van der Waals surface area (Å²) in [5.41, 5.74) is 1.41. The van der Waals surface area contributed by atoms with Gasteiger partial charge in [-0.1, -0.05) is 0 Å². The van der Waals surface area contributed by atoms with E-state index in [4.69, 9.17) is 9.47 Å². The molecule has 1 atom stereocenters. The van der Waals surface area contributed by atoms with Crippen molar-refractivity contribution in [2.24, 2.45) is 5.92 Å². The van der Waals surface area contributed by atoms with Gasteiger partial charge in [-0.2, -0.15) is 0 Å². The second-order valence-electron chi connectivity index (χ2n) is 7.13. The van der Waals surface area contributed by atoms with E-state index >= 15 is 0 Å². The van der Waals surface area contributed by atoms with Crippen LogP contribution in [0.2, 0.25) is 0 Å². The van der Waals surface area contributed by atoms with E-state index in [1.165, 1.54) is 0 Å². The SMILES string of the molecule is COc1cc(C(=O)N2CCCC(C(=O)N3CCCC3)C2)cc(OC)c1C. The fourth-order valence-corrected chi connectivity index (χ4v) is 3.95. The molecule has 2 amide bonds. The van der Waals surface area contributed by atoms with Gasteiger partial charge < -0.3 is 19.3 Å².